The van der Waals surface area contributed by atoms with Crippen molar-refractivity contribution < 1.29 is 9.21 Å². The van der Waals surface area contributed by atoms with Gasteiger partial charge in [-0.3, -0.25) is 4.79 Å². The molecule has 1 amide bonds. The van der Waals surface area contributed by atoms with Gasteiger partial charge in [0.25, 0.3) is 5.22 Å². The summed E-state index contributed by atoms with van der Waals surface area (Å²) in [7, 11) is 0. The average Bonchev–Trinajstić information content (AvgIpc) is 3.18. The minimum atomic E-state index is -0.317. The molecule has 5 nitrogen and oxygen atoms in total. The van der Waals surface area contributed by atoms with Gasteiger partial charge in [-0.15, -0.1) is 10.2 Å². The van der Waals surface area contributed by atoms with E-state index in [0.717, 1.165) is 12.0 Å². The Kier molecular flexibility index (Phi) is 6.65. The molecule has 0 aliphatic carbocycles. The molecule has 27 heavy (non-hydrogen) atoms. The third kappa shape index (κ3) is 5.20. The van der Waals surface area contributed by atoms with Gasteiger partial charge in [-0.25, -0.2) is 0 Å². The van der Waals surface area contributed by atoms with Crippen molar-refractivity contribution in [3.05, 3.63) is 66.2 Å². The molecule has 0 radical (unpaired) electrons. The number of carbonyl (C=O) groups is 1. The summed E-state index contributed by atoms with van der Waals surface area (Å²) in [6.07, 6.45) is 0.968. The van der Waals surface area contributed by atoms with Gasteiger partial charge in [-0.2, -0.15) is 0 Å². The largest absolute Gasteiger partial charge is 0.411 e. The normalized spacial score (nSPS) is 13.1. The Morgan fingerprint density at radius 1 is 1.07 bits per heavy atom. The Bertz CT molecular complexity index is 852. The predicted octanol–water partition coefficient (Wildman–Crippen LogP) is 4.53. The van der Waals surface area contributed by atoms with Crippen molar-refractivity contribution in [2.45, 2.75) is 36.7 Å². The summed E-state index contributed by atoms with van der Waals surface area (Å²) in [5.74, 6) is 0.732. The topological polar surface area (TPSA) is 68.0 Å². The van der Waals surface area contributed by atoms with Crippen LogP contribution in [0.4, 0.5) is 0 Å². The molecular formula is C21H23N3O2S. The Morgan fingerprint density at radius 2 is 1.74 bits per heavy atom. The predicted molar refractivity (Wildman–Crippen MR) is 108 cm³/mol. The maximum absolute atomic E-state index is 12.5. The molecule has 2 aromatic carbocycles. The number of rotatable bonds is 8. The van der Waals surface area contributed by atoms with E-state index in [-0.39, 0.29) is 11.2 Å². The number of nitrogens with zero attached hydrogens (tertiary/aromatic N) is 2. The van der Waals surface area contributed by atoms with Gasteiger partial charge in [0.1, 0.15) is 0 Å². The molecule has 3 aromatic rings. The van der Waals surface area contributed by atoms with Crippen molar-refractivity contribution in [1.82, 2.24) is 15.5 Å². The minimum absolute atomic E-state index is 0.0335. The summed E-state index contributed by atoms with van der Waals surface area (Å²) in [5, 5.41) is 11.2. The quantitative estimate of drug-likeness (QED) is 0.581. The number of amides is 1. The van der Waals surface area contributed by atoms with E-state index in [1.54, 1.807) is 0 Å². The van der Waals surface area contributed by atoms with Gasteiger partial charge in [-0.1, -0.05) is 67.2 Å². The van der Waals surface area contributed by atoms with E-state index in [1.165, 1.54) is 17.3 Å². The van der Waals surface area contributed by atoms with Crippen LogP contribution < -0.4 is 5.32 Å². The molecule has 0 unspecified atom stereocenters. The highest BCUT2D eigenvalue weighted by Gasteiger charge is 2.20. The highest BCUT2D eigenvalue weighted by atomic mass is 32.2. The lowest BCUT2D eigenvalue weighted by Gasteiger charge is -2.17. The summed E-state index contributed by atoms with van der Waals surface area (Å²) in [6, 6.07) is 19.8. The van der Waals surface area contributed by atoms with Gasteiger partial charge < -0.3 is 9.73 Å². The number of hydrogen-bond donors (Lipinski definition) is 1. The van der Waals surface area contributed by atoms with E-state index < -0.39 is 0 Å². The highest BCUT2D eigenvalue weighted by molar-refractivity contribution is 8.00. The molecule has 1 aromatic heterocycles. The van der Waals surface area contributed by atoms with Crippen LogP contribution in [0.1, 0.15) is 31.7 Å². The molecule has 0 aliphatic rings. The van der Waals surface area contributed by atoms with Crippen molar-refractivity contribution >= 4 is 17.7 Å². The Hall–Kier alpha value is -2.60. The number of carbonyl (C=O) groups excluding carboxylic acids is 1. The standard InChI is InChI=1S/C21H23N3O2S/c1-3-16(17-10-6-4-7-11-17)14-22-19(25)15(2)27-21-24-23-20(26-21)18-12-8-5-9-13-18/h4-13,15-16H,3,14H2,1-2H3,(H,22,25)/t15-,16-/m0/s1. The van der Waals surface area contributed by atoms with E-state index >= 15 is 0 Å². The van der Waals surface area contributed by atoms with Gasteiger partial charge in [0.15, 0.2) is 0 Å². The fraction of sp³-hybridized carbons (Fsp3) is 0.286. The summed E-state index contributed by atoms with van der Waals surface area (Å²) in [4.78, 5) is 12.5. The van der Waals surface area contributed by atoms with Crippen LogP contribution in [0, 0.1) is 0 Å². The molecule has 6 heteroatoms. The first kappa shape index (κ1) is 19.2. The smallest absolute Gasteiger partial charge is 0.277 e. The van der Waals surface area contributed by atoms with Crippen LogP contribution in [0.25, 0.3) is 11.5 Å². The second-order valence-corrected chi connectivity index (χ2v) is 7.55. The Balaban J connectivity index is 1.54. The van der Waals surface area contributed by atoms with Crippen LogP contribution in [0.15, 0.2) is 70.3 Å². The van der Waals surface area contributed by atoms with E-state index in [1.807, 2.05) is 55.5 Å². The van der Waals surface area contributed by atoms with E-state index in [0.29, 0.717) is 23.6 Å². The average molecular weight is 382 g/mol. The number of benzene rings is 2. The van der Waals surface area contributed by atoms with Gasteiger partial charge in [0.05, 0.1) is 5.25 Å². The molecule has 140 valence electrons. The Labute approximate surface area is 163 Å². The second kappa shape index (κ2) is 9.37. The van der Waals surface area contributed by atoms with Crippen molar-refractivity contribution in [2.75, 3.05) is 6.54 Å². The molecule has 3 rings (SSSR count). The zero-order chi connectivity index (χ0) is 19.1. The highest BCUT2D eigenvalue weighted by Crippen LogP contribution is 2.26. The number of thioether (sulfide) groups is 1. The first-order valence-corrected chi connectivity index (χ1v) is 9.93. The first-order chi connectivity index (χ1) is 13.2. The van der Waals surface area contributed by atoms with Gasteiger partial charge in [-0.05, 0) is 31.0 Å². The monoisotopic (exact) mass is 381 g/mol. The summed E-state index contributed by atoms with van der Waals surface area (Å²) in [6.45, 7) is 4.59. The van der Waals surface area contributed by atoms with Gasteiger partial charge >= 0.3 is 0 Å². The van der Waals surface area contributed by atoms with Crippen LogP contribution in [0.2, 0.25) is 0 Å². The fourth-order valence-electron chi connectivity index (χ4n) is 2.75. The molecule has 0 fully saturated rings. The number of hydrogen-bond acceptors (Lipinski definition) is 5. The zero-order valence-electron chi connectivity index (χ0n) is 15.5. The third-order valence-electron chi connectivity index (χ3n) is 4.36. The molecule has 1 heterocycles. The van der Waals surface area contributed by atoms with E-state index in [4.69, 9.17) is 4.42 Å². The molecule has 0 spiro atoms. The first-order valence-electron chi connectivity index (χ1n) is 9.05. The van der Waals surface area contributed by atoms with Crippen LogP contribution in [-0.4, -0.2) is 27.9 Å². The van der Waals surface area contributed by atoms with Crippen molar-refractivity contribution in [3.63, 3.8) is 0 Å². The fourth-order valence-corrected chi connectivity index (χ4v) is 3.46. The van der Waals surface area contributed by atoms with Crippen molar-refractivity contribution in [3.8, 4) is 11.5 Å². The van der Waals surface area contributed by atoms with Gasteiger partial charge in [0.2, 0.25) is 11.8 Å². The van der Waals surface area contributed by atoms with Crippen LogP contribution in [-0.2, 0) is 4.79 Å². The lowest BCUT2D eigenvalue weighted by atomic mass is 9.96. The van der Waals surface area contributed by atoms with Gasteiger partial charge in [0, 0.05) is 18.0 Å². The SMILES string of the molecule is CC[C@@H](CNC(=O)[C@H](C)Sc1nnc(-c2ccccc2)o1)c1ccccc1. The molecule has 1 N–H and O–H groups in total. The molecule has 0 aliphatic heterocycles. The van der Waals surface area contributed by atoms with Crippen LogP contribution in [0.3, 0.4) is 0 Å². The summed E-state index contributed by atoms with van der Waals surface area (Å²) < 4.78 is 5.67. The molecular weight excluding hydrogens is 358 g/mol. The maximum atomic E-state index is 12.5. The molecule has 2 atom stereocenters. The summed E-state index contributed by atoms with van der Waals surface area (Å²) in [5.41, 5.74) is 2.10. The van der Waals surface area contributed by atoms with Crippen molar-refractivity contribution in [1.29, 1.82) is 0 Å². The lowest BCUT2D eigenvalue weighted by Crippen LogP contribution is -2.34. The lowest BCUT2D eigenvalue weighted by molar-refractivity contribution is -0.120. The second-order valence-electron chi connectivity index (χ2n) is 6.26. The van der Waals surface area contributed by atoms with Crippen molar-refractivity contribution in [2.24, 2.45) is 0 Å². The molecule has 0 saturated heterocycles. The number of nitrogens with one attached hydrogen (secondary N) is 1. The van der Waals surface area contributed by atoms with Crippen LogP contribution >= 0.6 is 11.8 Å². The zero-order valence-corrected chi connectivity index (χ0v) is 16.3. The van der Waals surface area contributed by atoms with E-state index in [2.05, 4.69) is 34.6 Å². The number of aromatic nitrogens is 2. The molecule has 0 saturated carbocycles. The van der Waals surface area contributed by atoms with Crippen LogP contribution in [0.5, 0.6) is 0 Å². The minimum Gasteiger partial charge on any atom is -0.411 e. The van der Waals surface area contributed by atoms with E-state index in [9.17, 15) is 4.79 Å². The summed E-state index contributed by atoms with van der Waals surface area (Å²) >= 11 is 1.27. The molecule has 0 bridgehead atoms. The third-order valence-corrected chi connectivity index (χ3v) is 5.29. The Morgan fingerprint density at radius 3 is 2.41 bits per heavy atom. The maximum Gasteiger partial charge on any atom is 0.277 e.